The van der Waals surface area contributed by atoms with Crippen LogP contribution in [0.2, 0.25) is 0 Å². The van der Waals surface area contributed by atoms with Gasteiger partial charge in [-0.25, -0.2) is 0 Å². The summed E-state index contributed by atoms with van der Waals surface area (Å²) in [5.74, 6) is 0.210. The van der Waals surface area contributed by atoms with Crippen molar-refractivity contribution in [3.05, 3.63) is 60.2 Å². The van der Waals surface area contributed by atoms with Crippen molar-refractivity contribution in [2.24, 2.45) is 0 Å². The average Bonchev–Trinajstić information content (AvgIpc) is 2.66. The lowest BCUT2D eigenvalue weighted by atomic mass is 10.1. The SMILES string of the molecule is O=C(CCc1ccncc1)N1CCC[C@@H](OCc2cccnc2)C1. The Bertz CT molecular complexity index is 634. The maximum atomic E-state index is 12.4. The van der Waals surface area contributed by atoms with E-state index >= 15 is 0 Å². The van der Waals surface area contributed by atoms with Crippen molar-refractivity contribution in [2.75, 3.05) is 13.1 Å². The summed E-state index contributed by atoms with van der Waals surface area (Å²) < 4.78 is 5.97. The highest BCUT2D eigenvalue weighted by Gasteiger charge is 2.23. The summed E-state index contributed by atoms with van der Waals surface area (Å²) in [5.41, 5.74) is 2.22. The fourth-order valence-corrected chi connectivity index (χ4v) is 2.96. The molecule has 3 heterocycles. The van der Waals surface area contributed by atoms with Gasteiger partial charge < -0.3 is 9.64 Å². The highest BCUT2D eigenvalue weighted by molar-refractivity contribution is 5.76. The third-order valence-corrected chi connectivity index (χ3v) is 4.32. The maximum absolute atomic E-state index is 12.4. The Morgan fingerprint density at radius 2 is 2.04 bits per heavy atom. The van der Waals surface area contributed by atoms with E-state index in [4.69, 9.17) is 4.74 Å². The van der Waals surface area contributed by atoms with Crippen LogP contribution in [0.5, 0.6) is 0 Å². The van der Waals surface area contributed by atoms with E-state index in [1.54, 1.807) is 18.6 Å². The third-order valence-electron chi connectivity index (χ3n) is 4.32. The van der Waals surface area contributed by atoms with Gasteiger partial charge in [-0.05, 0) is 48.6 Å². The van der Waals surface area contributed by atoms with Gasteiger partial charge in [0.2, 0.25) is 5.91 Å². The minimum Gasteiger partial charge on any atom is -0.372 e. The van der Waals surface area contributed by atoms with E-state index in [0.717, 1.165) is 36.9 Å². The number of carbonyl (C=O) groups excluding carboxylic acids is 1. The lowest BCUT2D eigenvalue weighted by molar-refractivity contribution is -0.135. The Labute approximate surface area is 142 Å². The zero-order valence-corrected chi connectivity index (χ0v) is 13.8. The van der Waals surface area contributed by atoms with Gasteiger partial charge in [0, 0.05) is 44.3 Å². The second-order valence-electron chi connectivity index (χ2n) is 6.13. The molecule has 0 unspecified atom stereocenters. The minimum atomic E-state index is 0.115. The van der Waals surface area contributed by atoms with E-state index < -0.39 is 0 Å². The largest absolute Gasteiger partial charge is 0.372 e. The molecule has 2 aromatic heterocycles. The lowest BCUT2D eigenvalue weighted by Crippen LogP contribution is -2.43. The van der Waals surface area contributed by atoms with Crippen LogP contribution in [0.3, 0.4) is 0 Å². The van der Waals surface area contributed by atoms with Gasteiger partial charge in [0.15, 0.2) is 0 Å². The fraction of sp³-hybridized carbons (Fsp3) is 0.421. The summed E-state index contributed by atoms with van der Waals surface area (Å²) in [5, 5.41) is 0. The van der Waals surface area contributed by atoms with Crippen LogP contribution in [0.25, 0.3) is 0 Å². The van der Waals surface area contributed by atoms with E-state index in [1.165, 1.54) is 0 Å². The Morgan fingerprint density at radius 1 is 1.17 bits per heavy atom. The molecule has 1 fully saturated rings. The van der Waals surface area contributed by atoms with Gasteiger partial charge in [-0.15, -0.1) is 0 Å². The van der Waals surface area contributed by atoms with Crippen LogP contribution in [0.4, 0.5) is 0 Å². The van der Waals surface area contributed by atoms with Crippen LogP contribution in [0.15, 0.2) is 49.1 Å². The molecule has 24 heavy (non-hydrogen) atoms. The number of likely N-dealkylation sites (tertiary alicyclic amines) is 1. The molecule has 2 aromatic rings. The van der Waals surface area contributed by atoms with Crippen molar-refractivity contribution in [1.29, 1.82) is 0 Å². The predicted octanol–water partition coefficient (Wildman–Crippen LogP) is 2.62. The second-order valence-corrected chi connectivity index (χ2v) is 6.13. The standard InChI is InChI=1S/C19H23N3O2/c23-19(6-5-16-7-10-20-11-8-16)22-12-2-4-18(14-22)24-15-17-3-1-9-21-13-17/h1,3,7-11,13,18H,2,4-6,12,14-15H2/t18-/m1/s1. The summed E-state index contributed by atoms with van der Waals surface area (Å²) >= 11 is 0. The first-order valence-electron chi connectivity index (χ1n) is 8.48. The molecule has 0 radical (unpaired) electrons. The highest BCUT2D eigenvalue weighted by atomic mass is 16.5. The molecular formula is C19H23N3O2. The molecule has 0 spiro atoms. The van der Waals surface area contributed by atoms with E-state index in [-0.39, 0.29) is 12.0 Å². The van der Waals surface area contributed by atoms with Crippen LogP contribution in [-0.4, -0.2) is 40.0 Å². The average molecular weight is 325 g/mol. The predicted molar refractivity (Wildman–Crippen MR) is 91.2 cm³/mol. The van der Waals surface area contributed by atoms with Gasteiger partial charge in [-0.2, -0.15) is 0 Å². The normalized spacial score (nSPS) is 17.7. The van der Waals surface area contributed by atoms with Gasteiger partial charge >= 0.3 is 0 Å². The van der Waals surface area contributed by atoms with Crippen molar-refractivity contribution in [1.82, 2.24) is 14.9 Å². The molecule has 1 aliphatic heterocycles. The summed E-state index contributed by atoms with van der Waals surface area (Å²) in [7, 11) is 0. The molecule has 1 saturated heterocycles. The van der Waals surface area contributed by atoms with Crippen molar-refractivity contribution >= 4 is 5.91 Å². The number of aromatic nitrogens is 2. The van der Waals surface area contributed by atoms with Crippen molar-refractivity contribution in [3.8, 4) is 0 Å². The molecule has 126 valence electrons. The van der Waals surface area contributed by atoms with Crippen molar-refractivity contribution in [3.63, 3.8) is 0 Å². The van der Waals surface area contributed by atoms with Crippen molar-refractivity contribution in [2.45, 2.75) is 38.4 Å². The number of aryl methyl sites for hydroxylation is 1. The van der Waals surface area contributed by atoms with Gasteiger partial charge in [0.1, 0.15) is 0 Å². The number of ether oxygens (including phenoxy) is 1. The third kappa shape index (κ3) is 4.86. The molecule has 5 heteroatoms. The number of hydrogen-bond acceptors (Lipinski definition) is 4. The smallest absolute Gasteiger partial charge is 0.222 e. The summed E-state index contributed by atoms with van der Waals surface area (Å²) in [4.78, 5) is 22.5. The van der Waals surface area contributed by atoms with Gasteiger partial charge in [-0.3, -0.25) is 14.8 Å². The molecule has 0 aromatic carbocycles. The molecule has 1 aliphatic rings. The zero-order chi connectivity index (χ0) is 16.6. The van der Waals surface area contributed by atoms with E-state index in [1.807, 2.05) is 35.4 Å². The number of pyridine rings is 2. The first-order valence-corrected chi connectivity index (χ1v) is 8.48. The molecular weight excluding hydrogens is 302 g/mol. The molecule has 0 saturated carbocycles. The second kappa shape index (κ2) is 8.55. The number of piperidine rings is 1. The van der Waals surface area contributed by atoms with Crippen LogP contribution in [0.1, 0.15) is 30.4 Å². The topological polar surface area (TPSA) is 55.3 Å². The number of amides is 1. The number of nitrogens with zero attached hydrogens (tertiary/aromatic N) is 3. The van der Waals surface area contributed by atoms with Gasteiger partial charge in [0.25, 0.3) is 0 Å². The van der Waals surface area contributed by atoms with Crippen LogP contribution in [0, 0.1) is 0 Å². The molecule has 1 amide bonds. The molecule has 0 aliphatic carbocycles. The maximum Gasteiger partial charge on any atom is 0.222 e. The van der Waals surface area contributed by atoms with E-state index in [9.17, 15) is 4.79 Å². The summed E-state index contributed by atoms with van der Waals surface area (Å²) in [6, 6.07) is 7.84. The van der Waals surface area contributed by atoms with Crippen LogP contribution >= 0.6 is 0 Å². The van der Waals surface area contributed by atoms with E-state index in [0.29, 0.717) is 19.6 Å². The summed E-state index contributed by atoms with van der Waals surface area (Å²) in [6.07, 6.45) is 10.5. The molecule has 1 atom stereocenters. The Hall–Kier alpha value is -2.27. The molecule has 0 N–H and O–H groups in total. The quantitative estimate of drug-likeness (QED) is 0.819. The highest BCUT2D eigenvalue weighted by Crippen LogP contribution is 2.16. The van der Waals surface area contributed by atoms with Crippen molar-refractivity contribution < 1.29 is 9.53 Å². The molecule has 3 rings (SSSR count). The van der Waals surface area contributed by atoms with Crippen LogP contribution in [-0.2, 0) is 22.6 Å². The lowest BCUT2D eigenvalue weighted by Gasteiger charge is -2.32. The monoisotopic (exact) mass is 325 g/mol. The molecule has 5 nitrogen and oxygen atoms in total. The molecule has 0 bridgehead atoms. The number of carbonyl (C=O) groups is 1. The summed E-state index contributed by atoms with van der Waals surface area (Å²) in [6.45, 7) is 2.08. The Kier molecular flexibility index (Phi) is 5.90. The Morgan fingerprint density at radius 3 is 2.83 bits per heavy atom. The first-order chi connectivity index (χ1) is 11.8. The van der Waals surface area contributed by atoms with Gasteiger partial charge in [0.05, 0.1) is 12.7 Å². The van der Waals surface area contributed by atoms with E-state index in [2.05, 4.69) is 9.97 Å². The Balaban J connectivity index is 1.45. The number of rotatable bonds is 6. The number of hydrogen-bond donors (Lipinski definition) is 0. The van der Waals surface area contributed by atoms with Gasteiger partial charge in [-0.1, -0.05) is 6.07 Å². The minimum absolute atomic E-state index is 0.115. The van der Waals surface area contributed by atoms with Crippen LogP contribution < -0.4 is 0 Å². The first kappa shape index (κ1) is 16.6. The fourth-order valence-electron chi connectivity index (χ4n) is 2.96. The zero-order valence-electron chi connectivity index (χ0n) is 13.8.